The van der Waals surface area contributed by atoms with Crippen molar-refractivity contribution in [3.05, 3.63) is 0 Å². The average molecular weight is 327 g/mol. The van der Waals surface area contributed by atoms with E-state index in [4.69, 9.17) is 0 Å². The van der Waals surface area contributed by atoms with Crippen LogP contribution in [0.4, 0.5) is 0 Å². The summed E-state index contributed by atoms with van der Waals surface area (Å²) in [6, 6.07) is 0. The zero-order chi connectivity index (χ0) is 0. The second-order valence-electron chi connectivity index (χ2n) is 0. The monoisotopic (exact) mass is 320 g/mol. The van der Waals surface area contributed by atoms with E-state index in [9.17, 15) is 0 Å². The Bertz CT molecular complexity index is 0. The first-order valence-corrected chi connectivity index (χ1v) is 0. The van der Waals surface area contributed by atoms with Gasteiger partial charge in [-0.3, -0.25) is 0 Å². The summed E-state index contributed by atoms with van der Waals surface area (Å²) in [6.45, 7) is 0. The first kappa shape index (κ1) is 42.3. The van der Waals surface area contributed by atoms with E-state index in [-0.39, 0.29) is 97.4 Å². The van der Waals surface area contributed by atoms with Crippen LogP contribution in [-0.2, 0) is 97.4 Å². The predicted molar refractivity (Wildman–Crippen MR) is 0 cm³/mol. The van der Waals surface area contributed by atoms with Gasteiger partial charge in [-0.1, -0.05) is 0 Å². The van der Waals surface area contributed by atoms with E-state index in [1.54, 1.807) is 0 Å². The van der Waals surface area contributed by atoms with Gasteiger partial charge in [0.2, 0.25) is 0 Å². The van der Waals surface area contributed by atoms with E-state index in [0.717, 1.165) is 0 Å². The van der Waals surface area contributed by atoms with Gasteiger partial charge in [-0.25, -0.2) is 0 Å². The molecule has 0 aromatic rings. The van der Waals surface area contributed by atoms with Gasteiger partial charge in [-0.2, -0.15) is 0 Å². The Kier molecular flexibility index (Phi) is 232. The average Bonchev–Trinajstić information content (AvgIpc) is 0. The van der Waals surface area contributed by atoms with Gasteiger partial charge < -0.3 is 0 Å². The third kappa shape index (κ3) is 19.2. The van der Waals surface area contributed by atoms with Crippen LogP contribution in [0.1, 0.15) is 0 Å². The van der Waals surface area contributed by atoms with Crippen molar-refractivity contribution in [3.63, 3.8) is 0 Å². The van der Waals surface area contributed by atoms with Gasteiger partial charge in [0, 0.05) is 97.4 Å². The van der Waals surface area contributed by atoms with Crippen LogP contribution < -0.4 is 0 Å². The minimum Gasteiger partial charge on any atom is 0 e. The molecule has 0 aliphatic carbocycles. The molecule has 0 aromatic carbocycles. The predicted octanol–water partition coefficient (Wildman–Crippen LogP) is -0.0125. The molecule has 0 fully saturated rings. The van der Waals surface area contributed by atoms with Crippen molar-refractivity contribution in [1.29, 1.82) is 0 Å². The standard InChI is InChI=1S/5Zn. The summed E-state index contributed by atoms with van der Waals surface area (Å²) < 4.78 is 0. The second-order valence-corrected chi connectivity index (χ2v) is 0. The van der Waals surface area contributed by atoms with Gasteiger partial charge in [-0.15, -0.1) is 0 Å². The fraction of sp³-hybridized carbons (Fsp3) is 0. The molecule has 0 bridgehead atoms. The summed E-state index contributed by atoms with van der Waals surface area (Å²) >= 11 is 0. The van der Waals surface area contributed by atoms with Gasteiger partial charge in [0.05, 0.1) is 0 Å². The zero-order valence-electron chi connectivity index (χ0n) is 3.54. The minimum atomic E-state index is 0. The minimum absolute atomic E-state index is 0. The van der Waals surface area contributed by atoms with Gasteiger partial charge >= 0.3 is 0 Å². The van der Waals surface area contributed by atoms with Crippen molar-refractivity contribution in [3.8, 4) is 0 Å². The van der Waals surface area contributed by atoms with Crippen LogP contribution in [0.3, 0.4) is 0 Å². The third-order valence-corrected chi connectivity index (χ3v) is 0. The fourth-order valence-electron chi connectivity index (χ4n) is 0. The Labute approximate surface area is 95.8 Å². The molecule has 0 rings (SSSR count). The summed E-state index contributed by atoms with van der Waals surface area (Å²) in [5, 5.41) is 0. The Morgan fingerprint density at radius 3 is 0.200 bits per heavy atom. The van der Waals surface area contributed by atoms with Crippen LogP contribution in [0.5, 0.6) is 0 Å². The van der Waals surface area contributed by atoms with Crippen LogP contribution in [-0.4, -0.2) is 0 Å². The van der Waals surface area contributed by atoms with E-state index in [0.29, 0.717) is 0 Å². The number of hydrogen-bond donors (Lipinski definition) is 0. The molecule has 0 unspecified atom stereocenters. The van der Waals surface area contributed by atoms with Gasteiger partial charge in [0.25, 0.3) is 0 Å². The molecule has 0 radical (unpaired) electrons. The van der Waals surface area contributed by atoms with E-state index in [2.05, 4.69) is 0 Å². The van der Waals surface area contributed by atoms with Crippen LogP contribution in [0.2, 0.25) is 0 Å². The Morgan fingerprint density at radius 1 is 0.200 bits per heavy atom. The van der Waals surface area contributed by atoms with Gasteiger partial charge in [0.1, 0.15) is 0 Å². The van der Waals surface area contributed by atoms with Crippen molar-refractivity contribution < 1.29 is 97.4 Å². The molecule has 0 amide bonds. The normalized spacial score (nSPS) is 0. The summed E-state index contributed by atoms with van der Waals surface area (Å²) in [5.74, 6) is 0. The van der Waals surface area contributed by atoms with Crippen molar-refractivity contribution in [2.45, 2.75) is 0 Å². The third-order valence-electron chi connectivity index (χ3n) is 0. The maximum absolute atomic E-state index is 0. The van der Waals surface area contributed by atoms with E-state index < -0.39 is 0 Å². The maximum Gasteiger partial charge on any atom is 0 e. The Hall–Kier alpha value is 3.12. The molecule has 0 spiro atoms. The van der Waals surface area contributed by atoms with Crippen LogP contribution >= 0.6 is 0 Å². The molecule has 5 heavy (non-hydrogen) atoms. The number of hydrogen-bond acceptors (Lipinski definition) is 0. The van der Waals surface area contributed by atoms with E-state index in [1.807, 2.05) is 0 Å². The van der Waals surface area contributed by atoms with Gasteiger partial charge in [-0.05, 0) is 0 Å². The molecular weight excluding hydrogens is 327 g/mol. The summed E-state index contributed by atoms with van der Waals surface area (Å²) in [5.41, 5.74) is 0. The molecule has 10 valence electrons. The molecule has 0 heterocycles. The maximum atomic E-state index is 0. The molecule has 0 saturated carbocycles. The first-order valence-electron chi connectivity index (χ1n) is 0. The smallest absolute Gasteiger partial charge is 0 e. The summed E-state index contributed by atoms with van der Waals surface area (Å²) in [7, 11) is 0. The SMILES string of the molecule is [Zn].[Zn].[Zn].[Zn].[Zn]. The van der Waals surface area contributed by atoms with E-state index >= 15 is 0 Å². The van der Waals surface area contributed by atoms with Crippen molar-refractivity contribution in [1.82, 2.24) is 0 Å². The zero-order valence-corrected chi connectivity index (χ0v) is 18.4. The van der Waals surface area contributed by atoms with E-state index in [1.165, 1.54) is 0 Å². The second kappa shape index (κ2) is 27.4. The first-order chi connectivity index (χ1) is 0. The molecule has 0 nitrogen and oxygen atoms in total. The van der Waals surface area contributed by atoms with Crippen molar-refractivity contribution in [2.24, 2.45) is 0 Å². The molecule has 0 atom stereocenters. The van der Waals surface area contributed by atoms with Gasteiger partial charge in [0.15, 0.2) is 0 Å². The van der Waals surface area contributed by atoms with Crippen LogP contribution in [0.25, 0.3) is 0 Å². The topological polar surface area (TPSA) is 0 Å². The molecule has 0 saturated heterocycles. The number of rotatable bonds is 0. The molecule has 0 N–H and O–H groups in total. The molecule has 5 heteroatoms. The Morgan fingerprint density at radius 2 is 0.200 bits per heavy atom. The van der Waals surface area contributed by atoms with Crippen molar-refractivity contribution in [2.75, 3.05) is 0 Å². The summed E-state index contributed by atoms with van der Waals surface area (Å²) in [4.78, 5) is 0. The molecular formula is Zn5. The Balaban J connectivity index is 0. The summed E-state index contributed by atoms with van der Waals surface area (Å²) in [6.07, 6.45) is 0. The van der Waals surface area contributed by atoms with Crippen molar-refractivity contribution >= 4 is 0 Å². The fourth-order valence-corrected chi connectivity index (χ4v) is 0. The van der Waals surface area contributed by atoms with Crippen LogP contribution in [0.15, 0.2) is 0 Å². The molecule has 0 aliphatic rings. The van der Waals surface area contributed by atoms with Crippen LogP contribution in [0, 0.1) is 0 Å². The molecule has 0 aromatic heterocycles. The quantitative estimate of drug-likeness (QED) is 0.549. The largest absolute Gasteiger partial charge is 0 e. The molecule has 0 aliphatic heterocycles.